The monoisotopic (exact) mass is 272 g/mol. The third-order valence-electron chi connectivity index (χ3n) is 3.77. The van der Waals surface area contributed by atoms with E-state index in [0.29, 0.717) is 31.8 Å². The molecular formula is C13H24N2O4. The van der Waals surface area contributed by atoms with E-state index in [9.17, 15) is 9.59 Å². The number of nitrogens with zero attached hydrogens (tertiary/aromatic N) is 2. The molecule has 110 valence electrons. The fourth-order valence-corrected chi connectivity index (χ4v) is 2.63. The van der Waals surface area contributed by atoms with Crippen molar-refractivity contribution in [1.82, 2.24) is 9.80 Å². The number of likely N-dealkylation sites (tertiary alicyclic amines) is 1. The van der Waals surface area contributed by atoms with Crippen molar-refractivity contribution in [3.63, 3.8) is 0 Å². The molecule has 2 amide bonds. The molecule has 0 bridgehead atoms. The van der Waals surface area contributed by atoms with Gasteiger partial charge in [-0.2, -0.15) is 0 Å². The lowest BCUT2D eigenvalue weighted by Gasteiger charge is -2.36. The van der Waals surface area contributed by atoms with Gasteiger partial charge >= 0.3 is 12.0 Å². The van der Waals surface area contributed by atoms with Crippen LogP contribution in [0, 0.1) is 5.92 Å². The number of hydrogen-bond acceptors (Lipinski definition) is 3. The molecule has 2 unspecified atom stereocenters. The highest BCUT2D eigenvalue weighted by Gasteiger charge is 2.30. The Morgan fingerprint density at radius 3 is 2.68 bits per heavy atom. The summed E-state index contributed by atoms with van der Waals surface area (Å²) in [6.45, 7) is 3.17. The lowest BCUT2D eigenvalue weighted by atomic mass is 9.95. The van der Waals surface area contributed by atoms with Crippen molar-refractivity contribution in [3.8, 4) is 0 Å². The van der Waals surface area contributed by atoms with Gasteiger partial charge in [0.2, 0.25) is 0 Å². The maximum atomic E-state index is 12.3. The van der Waals surface area contributed by atoms with Gasteiger partial charge in [-0.3, -0.25) is 0 Å². The van der Waals surface area contributed by atoms with Gasteiger partial charge in [-0.05, 0) is 31.6 Å². The Morgan fingerprint density at radius 2 is 2.16 bits per heavy atom. The van der Waals surface area contributed by atoms with Gasteiger partial charge in [0.15, 0.2) is 0 Å². The van der Waals surface area contributed by atoms with Crippen LogP contribution < -0.4 is 0 Å². The number of aliphatic carboxylic acids is 1. The lowest BCUT2D eigenvalue weighted by molar-refractivity contribution is -0.142. The number of aliphatic hydroxyl groups is 1. The van der Waals surface area contributed by atoms with Crippen molar-refractivity contribution in [2.75, 3.05) is 26.7 Å². The number of piperidine rings is 1. The largest absolute Gasteiger partial charge is 0.480 e. The maximum absolute atomic E-state index is 12.3. The van der Waals surface area contributed by atoms with Crippen LogP contribution in [0.4, 0.5) is 4.79 Å². The fraction of sp³-hybridized carbons (Fsp3) is 0.846. The zero-order valence-corrected chi connectivity index (χ0v) is 11.7. The highest BCUT2D eigenvalue weighted by molar-refractivity contribution is 5.82. The number of aliphatic hydroxyl groups excluding tert-OH is 1. The number of amides is 2. The number of urea groups is 1. The lowest BCUT2D eigenvalue weighted by Crippen LogP contribution is -2.51. The van der Waals surface area contributed by atoms with Gasteiger partial charge in [0.05, 0.1) is 0 Å². The van der Waals surface area contributed by atoms with Crippen molar-refractivity contribution < 1.29 is 19.8 Å². The molecule has 19 heavy (non-hydrogen) atoms. The summed E-state index contributed by atoms with van der Waals surface area (Å²) in [7, 11) is 1.54. The average molecular weight is 272 g/mol. The molecule has 0 spiro atoms. The van der Waals surface area contributed by atoms with Crippen molar-refractivity contribution >= 4 is 12.0 Å². The van der Waals surface area contributed by atoms with E-state index in [1.54, 1.807) is 18.9 Å². The summed E-state index contributed by atoms with van der Waals surface area (Å²) in [6.07, 6.45) is 3.02. The van der Waals surface area contributed by atoms with Crippen LogP contribution in [0.15, 0.2) is 0 Å². The third kappa shape index (κ3) is 4.09. The van der Waals surface area contributed by atoms with Gasteiger partial charge in [0, 0.05) is 26.7 Å². The van der Waals surface area contributed by atoms with Crippen LogP contribution >= 0.6 is 0 Å². The molecule has 6 heteroatoms. The molecule has 0 aliphatic carbocycles. The fourth-order valence-electron chi connectivity index (χ4n) is 2.63. The number of hydrogen-bond donors (Lipinski definition) is 2. The summed E-state index contributed by atoms with van der Waals surface area (Å²) in [5.41, 5.74) is 0. The highest BCUT2D eigenvalue weighted by atomic mass is 16.4. The first-order chi connectivity index (χ1) is 9.01. The second kappa shape index (κ2) is 7.33. The molecule has 1 heterocycles. The predicted molar refractivity (Wildman–Crippen MR) is 70.9 cm³/mol. The van der Waals surface area contributed by atoms with Crippen LogP contribution in [0.1, 0.15) is 32.6 Å². The SMILES string of the molecule is CCC(C(=O)O)N(C)C(=O)N1CCCC(CCO)C1. The molecule has 6 nitrogen and oxygen atoms in total. The van der Waals surface area contributed by atoms with E-state index in [2.05, 4.69) is 0 Å². The van der Waals surface area contributed by atoms with E-state index in [-0.39, 0.29) is 12.6 Å². The Bertz CT molecular complexity index is 320. The smallest absolute Gasteiger partial charge is 0.326 e. The highest BCUT2D eigenvalue weighted by Crippen LogP contribution is 2.20. The van der Waals surface area contributed by atoms with Gasteiger partial charge < -0.3 is 20.0 Å². The number of likely N-dealkylation sites (N-methyl/N-ethyl adjacent to an activating group) is 1. The van der Waals surface area contributed by atoms with Gasteiger partial charge in [0.25, 0.3) is 0 Å². The first kappa shape index (κ1) is 15.8. The molecule has 1 saturated heterocycles. The minimum Gasteiger partial charge on any atom is -0.480 e. The van der Waals surface area contributed by atoms with Crippen LogP contribution in [0.3, 0.4) is 0 Å². The van der Waals surface area contributed by atoms with Crippen LogP contribution in [0.25, 0.3) is 0 Å². The van der Waals surface area contributed by atoms with Crippen molar-refractivity contribution in [2.24, 2.45) is 5.92 Å². The molecule has 2 atom stereocenters. The Morgan fingerprint density at radius 1 is 1.47 bits per heavy atom. The molecule has 0 aromatic carbocycles. The summed E-state index contributed by atoms with van der Waals surface area (Å²) in [6, 6.07) is -0.998. The van der Waals surface area contributed by atoms with E-state index < -0.39 is 12.0 Å². The summed E-state index contributed by atoms with van der Waals surface area (Å²) in [5.74, 6) is -0.650. The van der Waals surface area contributed by atoms with Crippen LogP contribution in [-0.4, -0.2) is 64.8 Å². The molecule has 1 fully saturated rings. The predicted octanol–water partition coefficient (Wildman–Crippen LogP) is 0.996. The van der Waals surface area contributed by atoms with Gasteiger partial charge in [-0.15, -0.1) is 0 Å². The summed E-state index contributed by atoms with van der Waals surface area (Å²) >= 11 is 0. The topological polar surface area (TPSA) is 81.1 Å². The van der Waals surface area contributed by atoms with E-state index in [4.69, 9.17) is 10.2 Å². The van der Waals surface area contributed by atoms with Gasteiger partial charge in [0.1, 0.15) is 6.04 Å². The molecule has 0 radical (unpaired) electrons. The van der Waals surface area contributed by atoms with Crippen molar-refractivity contribution in [1.29, 1.82) is 0 Å². The van der Waals surface area contributed by atoms with Crippen LogP contribution in [-0.2, 0) is 4.79 Å². The minimum absolute atomic E-state index is 0.134. The van der Waals surface area contributed by atoms with Crippen LogP contribution in [0.5, 0.6) is 0 Å². The number of carbonyl (C=O) groups excluding carboxylic acids is 1. The van der Waals surface area contributed by atoms with E-state index >= 15 is 0 Å². The van der Waals surface area contributed by atoms with Gasteiger partial charge in [-0.25, -0.2) is 9.59 Å². The summed E-state index contributed by atoms with van der Waals surface area (Å²) in [5, 5.41) is 18.0. The first-order valence-electron chi connectivity index (χ1n) is 6.86. The van der Waals surface area contributed by atoms with E-state index in [1.165, 1.54) is 4.90 Å². The standard InChI is InChI=1S/C13H24N2O4/c1-3-11(12(17)18)14(2)13(19)15-7-4-5-10(9-15)6-8-16/h10-11,16H,3-9H2,1-2H3,(H,17,18). The van der Waals surface area contributed by atoms with Crippen molar-refractivity contribution in [3.05, 3.63) is 0 Å². The first-order valence-corrected chi connectivity index (χ1v) is 6.86. The number of rotatable bonds is 5. The van der Waals surface area contributed by atoms with E-state index in [1.807, 2.05) is 0 Å². The zero-order valence-electron chi connectivity index (χ0n) is 11.7. The quantitative estimate of drug-likeness (QED) is 0.782. The Balaban J connectivity index is 2.63. The molecule has 0 aromatic rings. The number of carbonyl (C=O) groups is 2. The summed E-state index contributed by atoms with van der Waals surface area (Å²) < 4.78 is 0. The van der Waals surface area contributed by atoms with Crippen molar-refractivity contribution in [2.45, 2.75) is 38.6 Å². The second-order valence-electron chi connectivity index (χ2n) is 5.12. The molecular weight excluding hydrogens is 248 g/mol. The van der Waals surface area contributed by atoms with Crippen LogP contribution in [0.2, 0.25) is 0 Å². The number of carboxylic acid groups (broad SMARTS) is 1. The molecule has 1 rings (SSSR count). The Kier molecular flexibility index (Phi) is 6.08. The Hall–Kier alpha value is -1.30. The molecule has 2 N–H and O–H groups in total. The molecule has 0 saturated carbocycles. The van der Waals surface area contributed by atoms with Gasteiger partial charge in [-0.1, -0.05) is 6.92 Å². The van der Waals surface area contributed by atoms with E-state index in [0.717, 1.165) is 12.8 Å². The Labute approximate surface area is 114 Å². The number of carboxylic acids is 1. The molecule has 1 aliphatic heterocycles. The molecule has 0 aromatic heterocycles. The summed E-state index contributed by atoms with van der Waals surface area (Å²) in [4.78, 5) is 26.4. The minimum atomic E-state index is -0.970. The second-order valence-corrected chi connectivity index (χ2v) is 5.12. The average Bonchev–Trinajstić information content (AvgIpc) is 2.39. The zero-order chi connectivity index (χ0) is 14.4. The maximum Gasteiger partial charge on any atom is 0.326 e. The molecule has 1 aliphatic rings. The third-order valence-corrected chi connectivity index (χ3v) is 3.77. The normalized spacial score (nSPS) is 21.0.